The molecule has 1 aromatic rings. The van der Waals surface area contributed by atoms with Crippen molar-refractivity contribution in [3.8, 4) is 0 Å². The fourth-order valence-electron chi connectivity index (χ4n) is 1.75. The molecule has 0 bridgehead atoms. The lowest BCUT2D eigenvalue weighted by Crippen LogP contribution is -2.30. The average molecular weight is 293 g/mol. The van der Waals surface area contributed by atoms with Crippen molar-refractivity contribution in [2.45, 2.75) is 19.9 Å². The van der Waals surface area contributed by atoms with Crippen LogP contribution in [0.15, 0.2) is 24.3 Å². The molecule has 6 heteroatoms. The van der Waals surface area contributed by atoms with Crippen LogP contribution in [0.2, 0.25) is 0 Å². The van der Waals surface area contributed by atoms with Gasteiger partial charge in [-0.1, -0.05) is 12.1 Å². The van der Waals surface area contributed by atoms with Crippen molar-refractivity contribution in [2.75, 3.05) is 32.1 Å². The molecule has 0 aliphatic heterocycles. The molecule has 0 aromatic heterocycles. The zero-order valence-corrected chi connectivity index (χ0v) is 12.6. The molecule has 0 atom stereocenters. The van der Waals surface area contributed by atoms with E-state index in [4.69, 9.17) is 10.5 Å². The van der Waals surface area contributed by atoms with Crippen LogP contribution < -0.4 is 11.1 Å². The van der Waals surface area contributed by atoms with Crippen LogP contribution in [0, 0.1) is 0 Å². The second-order valence-electron chi connectivity index (χ2n) is 4.74. The molecule has 3 N–H and O–H groups in total. The molecule has 0 aliphatic rings. The molecule has 0 unspecified atom stereocenters. The largest absolute Gasteiger partial charge is 0.465 e. The molecule has 0 saturated heterocycles. The topological polar surface area (TPSA) is 84.7 Å². The van der Waals surface area contributed by atoms with E-state index in [1.165, 1.54) is 0 Å². The number of anilines is 1. The minimum absolute atomic E-state index is 0.0915. The molecule has 1 amide bonds. The lowest BCUT2D eigenvalue weighted by atomic mass is 10.2. The van der Waals surface area contributed by atoms with E-state index in [1.54, 1.807) is 18.9 Å². The Hall–Kier alpha value is -1.92. The summed E-state index contributed by atoms with van der Waals surface area (Å²) in [5, 5.41) is 2.80. The van der Waals surface area contributed by atoms with Gasteiger partial charge in [0.1, 0.15) is 0 Å². The van der Waals surface area contributed by atoms with Crippen LogP contribution in [0.3, 0.4) is 0 Å². The zero-order chi connectivity index (χ0) is 15.7. The lowest BCUT2D eigenvalue weighted by Gasteiger charge is -2.15. The van der Waals surface area contributed by atoms with Gasteiger partial charge in [-0.3, -0.25) is 14.5 Å². The number of likely N-dealkylation sites (N-methyl/N-ethyl adjacent to an activating group) is 1. The average Bonchev–Trinajstić information content (AvgIpc) is 2.46. The summed E-state index contributed by atoms with van der Waals surface area (Å²) in [6.07, 6.45) is 0.314. The monoisotopic (exact) mass is 293 g/mol. The van der Waals surface area contributed by atoms with Gasteiger partial charge in [0.2, 0.25) is 5.91 Å². The molecule has 0 radical (unpaired) electrons. The van der Waals surface area contributed by atoms with Crippen LogP contribution in [0.25, 0.3) is 0 Å². The van der Waals surface area contributed by atoms with Gasteiger partial charge in [-0.25, -0.2) is 0 Å². The Labute approximate surface area is 125 Å². The first-order valence-electron chi connectivity index (χ1n) is 6.98. The van der Waals surface area contributed by atoms with Gasteiger partial charge >= 0.3 is 5.97 Å². The molecule has 1 rings (SSSR count). The molecule has 0 saturated carbocycles. The minimum atomic E-state index is -0.280. The second kappa shape index (κ2) is 9.10. The van der Waals surface area contributed by atoms with Gasteiger partial charge < -0.3 is 15.8 Å². The van der Waals surface area contributed by atoms with E-state index in [9.17, 15) is 9.59 Å². The maximum absolute atomic E-state index is 11.8. The first-order chi connectivity index (χ1) is 10.0. The molecule has 116 valence electrons. The molecule has 0 heterocycles. The summed E-state index contributed by atoms with van der Waals surface area (Å²) < 4.78 is 4.85. The van der Waals surface area contributed by atoms with Crippen molar-refractivity contribution in [1.29, 1.82) is 0 Å². The number of esters is 1. The van der Waals surface area contributed by atoms with Gasteiger partial charge in [0, 0.05) is 25.2 Å². The number of nitrogens with zero attached hydrogens (tertiary/aromatic N) is 1. The number of amides is 1. The second-order valence-corrected chi connectivity index (χ2v) is 4.74. The Balaban J connectivity index is 2.31. The van der Waals surface area contributed by atoms with Crippen molar-refractivity contribution < 1.29 is 14.3 Å². The predicted octanol–water partition coefficient (Wildman–Crippen LogP) is 0.969. The zero-order valence-electron chi connectivity index (χ0n) is 12.6. The van der Waals surface area contributed by atoms with E-state index >= 15 is 0 Å². The Morgan fingerprint density at radius 1 is 1.29 bits per heavy atom. The van der Waals surface area contributed by atoms with E-state index < -0.39 is 0 Å². The molecule has 6 nitrogen and oxygen atoms in total. The van der Waals surface area contributed by atoms with E-state index in [-0.39, 0.29) is 18.4 Å². The summed E-state index contributed by atoms with van der Waals surface area (Å²) >= 11 is 0. The predicted molar refractivity (Wildman–Crippen MR) is 81.7 cm³/mol. The minimum Gasteiger partial charge on any atom is -0.465 e. The number of hydrogen-bond acceptors (Lipinski definition) is 5. The van der Waals surface area contributed by atoms with Crippen LogP contribution in [-0.2, 0) is 20.9 Å². The molecular weight excluding hydrogens is 270 g/mol. The van der Waals surface area contributed by atoms with E-state index in [2.05, 4.69) is 5.32 Å². The quantitative estimate of drug-likeness (QED) is 0.698. The Bertz CT molecular complexity index is 460. The highest BCUT2D eigenvalue weighted by molar-refractivity contribution is 5.90. The van der Waals surface area contributed by atoms with Gasteiger partial charge in [0.05, 0.1) is 13.2 Å². The third kappa shape index (κ3) is 6.87. The number of carbonyl (C=O) groups is 2. The van der Waals surface area contributed by atoms with Crippen molar-refractivity contribution in [2.24, 2.45) is 5.73 Å². The van der Waals surface area contributed by atoms with E-state index in [0.717, 1.165) is 11.3 Å². The standard InChI is InChI=1S/C15H23N3O3/c1-3-21-15(20)11-18(2)9-8-14(19)17-13-6-4-12(10-16)5-7-13/h4-7H,3,8-11,16H2,1-2H3,(H,17,19). The van der Waals surface area contributed by atoms with Crippen LogP contribution in [-0.4, -0.2) is 43.5 Å². The summed E-state index contributed by atoms with van der Waals surface area (Å²) in [7, 11) is 1.78. The Kier molecular flexibility index (Phi) is 7.42. The van der Waals surface area contributed by atoms with Gasteiger partial charge in [0.25, 0.3) is 0 Å². The summed E-state index contributed by atoms with van der Waals surface area (Å²) in [5.41, 5.74) is 7.27. The first kappa shape index (κ1) is 17.1. The Morgan fingerprint density at radius 2 is 1.95 bits per heavy atom. The number of carbonyl (C=O) groups excluding carboxylic acids is 2. The first-order valence-corrected chi connectivity index (χ1v) is 6.98. The molecule has 0 fully saturated rings. The third-order valence-corrected chi connectivity index (χ3v) is 2.90. The van der Waals surface area contributed by atoms with Crippen LogP contribution in [0.1, 0.15) is 18.9 Å². The highest BCUT2D eigenvalue weighted by Crippen LogP contribution is 2.09. The summed E-state index contributed by atoms with van der Waals surface area (Å²) in [6.45, 7) is 3.29. The SMILES string of the molecule is CCOC(=O)CN(C)CCC(=O)Nc1ccc(CN)cc1. The molecule has 0 aliphatic carbocycles. The summed E-state index contributed by atoms with van der Waals surface area (Å²) in [5.74, 6) is -0.371. The van der Waals surface area contributed by atoms with Crippen LogP contribution >= 0.6 is 0 Å². The van der Waals surface area contributed by atoms with Gasteiger partial charge in [-0.15, -0.1) is 0 Å². The fraction of sp³-hybridized carbons (Fsp3) is 0.467. The van der Waals surface area contributed by atoms with E-state index in [1.807, 2.05) is 24.3 Å². The normalized spacial score (nSPS) is 10.5. The van der Waals surface area contributed by atoms with Crippen molar-refractivity contribution in [1.82, 2.24) is 4.90 Å². The number of nitrogens with two attached hydrogens (primary N) is 1. The van der Waals surface area contributed by atoms with Gasteiger partial charge in [-0.05, 0) is 31.7 Å². The van der Waals surface area contributed by atoms with Crippen molar-refractivity contribution in [3.63, 3.8) is 0 Å². The number of nitrogens with one attached hydrogen (secondary N) is 1. The Morgan fingerprint density at radius 3 is 2.52 bits per heavy atom. The number of rotatable bonds is 8. The van der Waals surface area contributed by atoms with Crippen molar-refractivity contribution in [3.05, 3.63) is 29.8 Å². The van der Waals surface area contributed by atoms with Crippen LogP contribution in [0.4, 0.5) is 5.69 Å². The molecule has 21 heavy (non-hydrogen) atoms. The highest BCUT2D eigenvalue weighted by atomic mass is 16.5. The van der Waals surface area contributed by atoms with Gasteiger partial charge in [0.15, 0.2) is 0 Å². The van der Waals surface area contributed by atoms with Gasteiger partial charge in [-0.2, -0.15) is 0 Å². The van der Waals surface area contributed by atoms with Crippen molar-refractivity contribution >= 4 is 17.6 Å². The maximum Gasteiger partial charge on any atom is 0.320 e. The molecule has 0 spiro atoms. The maximum atomic E-state index is 11.8. The fourth-order valence-corrected chi connectivity index (χ4v) is 1.75. The molecular formula is C15H23N3O3. The molecule has 1 aromatic carbocycles. The highest BCUT2D eigenvalue weighted by Gasteiger charge is 2.09. The third-order valence-electron chi connectivity index (χ3n) is 2.90. The van der Waals surface area contributed by atoms with Crippen LogP contribution in [0.5, 0.6) is 0 Å². The van der Waals surface area contributed by atoms with E-state index in [0.29, 0.717) is 26.1 Å². The summed E-state index contributed by atoms with van der Waals surface area (Å²) in [4.78, 5) is 24.8. The number of ether oxygens (including phenoxy) is 1. The summed E-state index contributed by atoms with van der Waals surface area (Å²) in [6, 6.07) is 7.40. The number of benzene rings is 1. The lowest BCUT2D eigenvalue weighted by molar-refractivity contribution is -0.144. The smallest absolute Gasteiger partial charge is 0.320 e. The number of hydrogen-bond donors (Lipinski definition) is 2.